The Labute approximate surface area is 115 Å². The fourth-order valence-electron chi connectivity index (χ4n) is 1.45. The van der Waals surface area contributed by atoms with E-state index in [9.17, 15) is 31.1 Å². The minimum atomic E-state index is -4.74. The maximum absolute atomic E-state index is 12.5. The molecule has 1 aromatic heterocycles. The van der Waals surface area contributed by atoms with Crippen molar-refractivity contribution < 1.29 is 31.1 Å². The molecule has 1 heterocycles. The van der Waals surface area contributed by atoms with Crippen LogP contribution in [0.3, 0.4) is 0 Å². The number of carbonyl (C=O) groups is 1. The number of rotatable bonds is 5. The standard InChI is InChI=1S/C11H11F6N3O/c12-10(13,14)4-1-5-19-9-6(8(18)21)2-3-7(20-9)11(15,16)17/h2-3H,1,4-5H2,(H2,18,21)(H,19,20). The lowest BCUT2D eigenvalue weighted by Gasteiger charge is -2.13. The molecule has 0 radical (unpaired) electrons. The van der Waals surface area contributed by atoms with Gasteiger partial charge in [0.1, 0.15) is 11.5 Å². The number of halogens is 6. The van der Waals surface area contributed by atoms with Gasteiger partial charge in [0.25, 0.3) is 5.91 Å². The van der Waals surface area contributed by atoms with E-state index in [2.05, 4.69) is 10.3 Å². The molecule has 4 nitrogen and oxygen atoms in total. The summed E-state index contributed by atoms with van der Waals surface area (Å²) in [6.07, 6.45) is -10.6. The number of anilines is 1. The number of amides is 1. The van der Waals surface area contributed by atoms with Gasteiger partial charge in [0.05, 0.1) is 5.56 Å². The van der Waals surface area contributed by atoms with E-state index >= 15 is 0 Å². The Morgan fingerprint density at radius 2 is 1.81 bits per heavy atom. The van der Waals surface area contributed by atoms with Crippen LogP contribution in [-0.4, -0.2) is 23.6 Å². The van der Waals surface area contributed by atoms with Crippen LogP contribution >= 0.6 is 0 Å². The molecule has 0 aliphatic carbocycles. The van der Waals surface area contributed by atoms with E-state index in [1.165, 1.54) is 0 Å². The third kappa shape index (κ3) is 5.48. The first-order valence-electron chi connectivity index (χ1n) is 5.69. The second-order valence-corrected chi connectivity index (χ2v) is 4.10. The highest BCUT2D eigenvalue weighted by molar-refractivity contribution is 5.97. The Hall–Kier alpha value is -2.00. The second-order valence-electron chi connectivity index (χ2n) is 4.10. The number of carbonyl (C=O) groups excluding carboxylic acids is 1. The van der Waals surface area contributed by atoms with Crippen LogP contribution in [0.15, 0.2) is 12.1 Å². The average molecular weight is 315 g/mol. The van der Waals surface area contributed by atoms with Gasteiger partial charge in [0.2, 0.25) is 0 Å². The minimum absolute atomic E-state index is 0.298. The highest BCUT2D eigenvalue weighted by Crippen LogP contribution is 2.29. The molecule has 21 heavy (non-hydrogen) atoms. The van der Waals surface area contributed by atoms with E-state index in [1.807, 2.05) is 0 Å². The van der Waals surface area contributed by atoms with Crippen molar-refractivity contribution in [2.75, 3.05) is 11.9 Å². The quantitative estimate of drug-likeness (QED) is 0.648. The van der Waals surface area contributed by atoms with Gasteiger partial charge in [-0.3, -0.25) is 4.79 Å². The minimum Gasteiger partial charge on any atom is -0.369 e. The van der Waals surface area contributed by atoms with E-state index in [0.717, 1.165) is 6.07 Å². The second kappa shape index (κ2) is 6.19. The molecule has 3 N–H and O–H groups in total. The molecule has 1 rings (SSSR count). The molecule has 118 valence electrons. The summed E-state index contributed by atoms with van der Waals surface area (Å²) in [5.74, 6) is -1.52. The summed E-state index contributed by atoms with van der Waals surface area (Å²) >= 11 is 0. The van der Waals surface area contributed by atoms with Crippen LogP contribution in [0.4, 0.5) is 32.2 Å². The number of nitrogens with two attached hydrogens (primary N) is 1. The lowest BCUT2D eigenvalue weighted by molar-refractivity contribution is -0.141. The van der Waals surface area contributed by atoms with E-state index < -0.39 is 36.2 Å². The van der Waals surface area contributed by atoms with Crippen LogP contribution in [-0.2, 0) is 6.18 Å². The molecule has 0 atom stereocenters. The van der Waals surface area contributed by atoms with E-state index in [-0.39, 0.29) is 18.5 Å². The van der Waals surface area contributed by atoms with Gasteiger partial charge in [-0.25, -0.2) is 4.98 Å². The monoisotopic (exact) mass is 315 g/mol. The summed E-state index contributed by atoms with van der Waals surface area (Å²) in [5, 5.41) is 2.27. The molecule has 1 amide bonds. The highest BCUT2D eigenvalue weighted by atomic mass is 19.4. The number of hydrogen-bond acceptors (Lipinski definition) is 3. The van der Waals surface area contributed by atoms with Gasteiger partial charge < -0.3 is 11.1 Å². The number of primary amides is 1. The van der Waals surface area contributed by atoms with Gasteiger partial charge in [0, 0.05) is 13.0 Å². The van der Waals surface area contributed by atoms with Crippen molar-refractivity contribution in [3.63, 3.8) is 0 Å². The topological polar surface area (TPSA) is 68.0 Å². The summed E-state index contributed by atoms with van der Waals surface area (Å²) in [7, 11) is 0. The Kier molecular flexibility index (Phi) is 5.02. The Balaban J connectivity index is 2.85. The van der Waals surface area contributed by atoms with Crippen molar-refractivity contribution in [1.29, 1.82) is 0 Å². The van der Waals surface area contributed by atoms with Gasteiger partial charge in [-0.2, -0.15) is 26.3 Å². The van der Waals surface area contributed by atoms with Crippen molar-refractivity contribution in [1.82, 2.24) is 4.98 Å². The SMILES string of the molecule is NC(=O)c1ccc(C(F)(F)F)nc1NCCCC(F)(F)F. The summed E-state index contributed by atoms with van der Waals surface area (Å²) in [6.45, 7) is -0.298. The first kappa shape index (κ1) is 17.1. The summed E-state index contributed by atoms with van der Waals surface area (Å²) in [5.41, 5.74) is 3.37. The molecule has 0 saturated heterocycles. The van der Waals surface area contributed by atoms with Crippen molar-refractivity contribution in [3.05, 3.63) is 23.4 Å². The molecule has 0 aliphatic heterocycles. The van der Waals surface area contributed by atoms with Crippen LogP contribution in [0.1, 0.15) is 28.9 Å². The highest BCUT2D eigenvalue weighted by Gasteiger charge is 2.33. The van der Waals surface area contributed by atoms with E-state index in [0.29, 0.717) is 6.07 Å². The normalized spacial score (nSPS) is 12.3. The van der Waals surface area contributed by atoms with Crippen LogP contribution in [0.25, 0.3) is 0 Å². The summed E-state index contributed by atoms with van der Waals surface area (Å²) in [6, 6.07) is 1.39. The molecule has 0 spiro atoms. The zero-order valence-electron chi connectivity index (χ0n) is 10.5. The fraction of sp³-hybridized carbons (Fsp3) is 0.455. The van der Waals surface area contributed by atoms with Crippen LogP contribution < -0.4 is 11.1 Å². The van der Waals surface area contributed by atoms with E-state index in [1.54, 1.807) is 0 Å². The molecule has 0 aromatic carbocycles. The van der Waals surface area contributed by atoms with Gasteiger partial charge in [-0.05, 0) is 18.6 Å². The van der Waals surface area contributed by atoms with Crippen LogP contribution in [0, 0.1) is 0 Å². The largest absolute Gasteiger partial charge is 0.433 e. The molecule has 0 unspecified atom stereocenters. The first-order valence-corrected chi connectivity index (χ1v) is 5.69. The predicted molar refractivity (Wildman–Crippen MR) is 61.5 cm³/mol. The Morgan fingerprint density at radius 3 is 2.29 bits per heavy atom. The number of pyridine rings is 1. The van der Waals surface area contributed by atoms with Gasteiger partial charge >= 0.3 is 12.4 Å². The first-order chi connectivity index (χ1) is 9.50. The number of alkyl halides is 6. The lowest BCUT2D eigenvalue weighted by atomic mass is 10.2. The number of aromatic nitrogens is 1. The van der Waals surface area contributed by atoms with Gasteiger partial charge in [-0.15, -0.1) is 0 Å². The maximum atomic E-state index is 12.5. The molecule has 0 saturated carbocycles. The maximum Gasteiger partial charge on any atom is 0.433 e. The third-order valence-corrected chi connectivity index (χ3v) is 2.38. The fourth-order valence-corrected chi connectivity index (χ4v) is 1.45. The zero-order chi connectivity index (χ0) is 16.3. The summed E-state index contributed by atoms with van der Waals surface area (Å²) in [4.78, 5) is 14.2. The third-order valence-electron chi connectivity index (χ3n) is 2.38. The number of hydrogen-bond donors (Lipinski definition) is 2. The molecule has 0 aliphatic rings. The molecule has 1 aromatic rings. The zero-order valence-corrected chi connectivity index (χ0v) is 10.5. The molecule has 0 fully saturated rings. The molecule has 0 bridgehead atoms. The van der Waals surface area contributed by atoms with E-state index in [4.69, 9.17) is 5.73 Å². The Bertz CT molecular complexity index is 512. The molecular weight excluding hydrogens is 304 g/mol. The van der Waals surface area contributed by atoms with Gasteiger partial charge in [-0.1, -0.05) is 0 Å². The predicted octanol–water partition coefficient (Wildman–Crippen LogP) is 2.95. The molecular formula is C11H11F6N3O. The molecule has 10 heteroatoms. The van der Waals surface area contributed by atoms with Crippen molar-refractivity contribution in [3.8, 4) is 0 Å². The van der Waals surface area contributed by atoms with Crippen molar-refractivity contribution in [2.24, 2.45) is 5.73 Å². The number of nitrogens with one attached hydrogen (secondary N) is 1. The Morgan fingerprint density at radius 1 is 1.19 bits per heavy atom. The van der Waals surface area contributed by atoms with Crippen LogP contribution in [0.5, 0.6) is 0 Å². The van der Waals surface area contributed by atoms with Crippen molar-refractivity contribution in [2.45, 2.75) is 25.2 Å². The average Bonchev–Trinajstić information content (AvgIpc) is 2.32. The van der Waals surface area contributed by atoms with Crippen molar-refractivity contribution >= 4 is 11.7 Å². The lowest BCUT2D eigenvalue weighted by Crippen LogP contribution is -2.19. The number of nitrogens with zero attached hydrogens (tertiary/aromatic N) is 1. The van der Waals surface area contributed by atoms with Gasteiger partial charge in [0.15, 0.2) is 0 Å². The van der Waals surface area contributed by atoms with Crippen LogP contribution in [0.2, 0.25) is 0 Å². The summed E-state index contributed by atoms with van der Waals surface area (Å²) < 4.78 is 73.3. The smallest absolute Gasteiger partial charge is 0.369 e.